The maximum atomic E-state index is 12.1. The molecule has 0 aromatic heterocycles. The highest BCUT2D eigenvalue weighted by Crippen LogP contribution is 2.29. The highest BCUT2D eigenvalue weighted by Gasteiger charge is 2.40. The number of carbonyl (C=O) groups is 2. The first-order valence-corrected chi connectivity index (χ1v) is 4.62. The number of carbonyl (C=O) groups excluding carboxylic acids is 1. The number of rotatable bonds is 4. The molecule has 2 amide bonds. The van der Waals surface area contributed by atoms with E-state index < -0.39 is 37.3 Å². The SMILES string of the molecule is O=C(O)CNC(=O)N(CC(F)(F)F)C1CC1. The molecule has 0 aromatic carbocycles. The Kier molecular flexibility index (Phi) is 3.61. The summed E-state index contributed by atoms with van der Waals surface area (Å²) in [6.07, 6.45) is -3.42. The highest BCUT2D eigenvalue weighted by molar-refractivity contribution is 5.80. The zero-order valence-corrected chi connectivity index (χ0v) is 8.25. The van der Waals surface area contributed by atoms with Crippen molar-refractivity contribution in [2.24, 2.45) is 0 Å². The quantitative estimate of drug-likeness (QED) is 0.763. The molecule has 16 heavy (non-hydrogen) atoms. The molecule has 8 heteroatoms. The Morgan fingerprint density at radius 1 is 1.38 bits per heavy atom. The largest absolute Gasteiger partial charge is 0.480 e. The summed E-state index contributed by atoms with van der Waals surface area (Å²) in [5, 5.41) is 10.2. The predicted molar refractivity (Wildman–Crippen MR) is 46.8 cm³/mol. The average Bonchev–Trinajstić information content (AvgIpc) is 2.91. The molecule has 0 aliphatic heterocycles. The van der Waals surface area contributed by atoms with Crippen LogP contribution in [0.1, 0.15) is 12.8 Å². The molecule has 1 fully saturated rings. The summed E-state index contributed by atoms with van der Waals surface area (Å²) in [5.41, 5.74) is 0. The first-order valence-electron chi connectivity index (χ1n) is 4.62. The Morgan fingerprint density at radius 2 is 1.94 bits per heavy atom. The van der Waals surface area contributed by atoms with E-state index in [2.05, 4.69) is 0 Å². The van der Waals surface area contributed by atoms with Crippen LogP contribution < -0.4 is 5.32 Å². The van der Waals surface area contributed by atoms with E-state index in [1.54, 1.807) is 0 Å². The summed E-state index contributed by atoms with van der Waals surface area (Å²) in [4.78, 5) is 22.0. The van der Waals surface area contributed by atoms with Gasteiger partial charge in [0.25, 0.3) is 0 Å². The van der Waals surface area contributed by atoms with Crippen molar-refractivity contribution in [3.8, 4) is 0 Å². The first kappa shape index (κ1) is 12.6. The third-order valence-electron chi connectivity index (χ3n) is 1.99. The minimum absolute atomic E-state index is 0.421. The van der Waals surface area contributed by atoms with Gasteiger partial charge in [0, 0.05) is 6.04 Å². The van der Waals surface area contributed by atoms with Crippen LogP contribution in [0.4, 0.5) is 18.0 Å². The fourth-order valence-corrected chi connectivity index (χ4v) is 1.20. The maximum absolute atomic E-state index is 12.1. The Morgan fingerprint density at radius 3 is 2.31 bits per heavy atom. The van der Waals surface area contributed by atoms with Crippen molar-refractivity contribution in [2.45, 2.75) is 25.1 Å². The second-order valence-electron chi connectivity index (χ2n) is 3.53. The molecule has 1 aliphatic rings. The molecule has 0 bridgehead atoms. The van der Waals surface area contributed by atoms with Gasteiger partial charge in [0.05, 0.1) is 0 Å². The van der Waals surface area contributed by atoms with E-state index in [9.17, 15) is 22.8 Å². The zero-order valence-electron chi connectivity index (χ0n) is 8.25. The van der Waals surface area contributed by atoms with Gasteiger partial charge in [0.2, 0.25) is 0 Å². The molecular weight excluding hydrogens is 229 g/mol. The van der Waals surface area contributed by atoms with Gasteiger partial charge in [-0.15, -0.1) is 0 Å². The molecule has 5 nitrogen and oxygen atoms in total. The van der Waals surface area contributed by atoms with Gasteiger partial charge in [-0.25, -0.2) is 4.79 Å². The van der Waals surface area contributed by atoms with Gasteiger partial charge >= 0.3 is 18.2 Å². The van der Waals surface area contributed by atoms with Crippen molar-refractivity contribution in [3.63, 3.8) is 0 Å². The van der Waals surface area contributed by atoms with Crippen molar-refractivity contribution < 1.29 is 27.9 Å². The number of urea groups is 1. The van der Waals surface area contributed by atoms with Crippen LogP contribution in [0.25, 0.3) is 0 Å². The standard InChI is InChI=1S/C8H11F3N2O3/c9-8(10,11)4-13(5-1-2-5)7(16)12-3-6(14)15/h5H,1-4H2,(H,12,16)(H,14,15). The molecule has 0 aromatic rings. The van der Waals surface area contributed by atoms with Crippen LogP contribution in [0.15, 0.2) is 0 Å². The lowest BCUT2D eigenvalue weighted by Crippen LogP contribution is -2.47. The minimum Gasteiger partial charge on any atom is -0.480 e. The molecule has 1 rings (SSSR count). The minimum atomic E-state index is -4.47. The van der Waals surface area contributed by atoms with Crippen LogP contribution in [0, 0.1) is 0 Å². The van der Waals surface area contributed by atoms with Gasteiger partial charge in [0.1, 0.15) is 13.1 Å². The van der Waals surface area contributed by atoms with E-state index in [0.717, 1.165) is 0 Å². The van der Waals surface area contributed by atoms with Crippen LogP contribution in [-0.2, 0) is 4.79 Å². The van der Waals surface area contributed by atoms with Gasteiger partial charge in [-0.3, -0.25) is 4.79 Å². The number of nitrogens with zero attached hydrogens (tertiary/aromatic N) is 1. The van der Waals surface area contributed by atoms with Gasteiger partial charge in [0.15, 0.2) is 0 Å². The van der Waals surface area contributed by atoms with E-state index in [4.69, 9.17) is 5.11 Å². The van der Waals surface area contributed by atoms with Gasteiger partial charge in [-0.1, -0.05) is 0 Å². The highest BCUT2D eigenvalue weighted by atomic mass is 19.4. The van der Waals surface area contributed by atoms with Crippen molar-refractivity contribution in [1.29, 1.82) is 0 Å². The Bertz CT molecular complexity index is 289. The summed E-state index contributed by atoms with van der Waals surface area (Å²) in [5.74, 6) is -1.30. The topological polar surface area (TPSA) is 69.6 Å². The fourth-order valence-electron chi connectivity index (χ4n) is 1.20. The average molecular weight is 240 g/mol. The van der Waals surface area contributed by atoms with Crippen LogP contribution in [0.5, 0.6) is 0 Å². The monoisotopic (exact) mass is 240 g/mol. The van der Waals surface area contributed by atoms with E-state index >= 15 is 0 Å². The normalized spacial score (nSPS) is 15.7. The van der Waals surface area contributed by atoms with E-state index in [-0.39, 0.29) is 0 Å². The smallest absolute Gasteiger partial charge is 0.406 e. The number of hydrogen-bond donors (Lipinski definition) is 2. The second-order valence-corrected chi connectivity index (χ2v) is 3.53. The van der Waals surface area contributed by atoms with Crippen LogP contribution in [0.2, 0.25) is 0 Å². The second kappa shape index (κ2) is 4.58. The summed E-state index contributed by atoms with van der Waals surface area (Å²) in [6.45, 7) is -2.02. The van der Waals surface area contributed by atoms with Crippen molar-refractivity contribution >= 4 is 12.0 Å². The molecule has 0 radical (unpaired) electrons. The number of carboxylic acids is 1. The van der Waals surface area contributed by atoms with Gasteiger partial charge in [-0.05, 0) is 12.8 Å². The Balaban J connectivity index is 2.49. The molecule has 1 aliphatic carbocycles. The lowest BCUT2D eigenvalue weighted by Gasteiger charge is -2.23. The fraction of sp³-hybridized carbons (Fsp3) is 0.750. The Hall–Kier alpha value is -1.47. The molecule has 0 heterocycles. The molecule has 0 unspecified atom stereocenters. The van der Waals surface area contributed by atoms with Crippen molar-refractivity contribution in [2.75, 3.05) is 13.1 Å². The number of aliphatic carboxylic acids is 1. The zero-order chi connectivity index (χ0) is 12.3. The summed E-state index contributed by atoms with van der Waals surface area (Å²) in [6, 6.07) is -1.40. The molecule has 0 saturated heterocycles. The first-order chi connectivity index (χ1) is 7.29. The molecular formula is C8H11F3N2O3. The number of hydrogen-bond acceptors (Lipinski definition) is 2. The van der Waals surface area contributed by atoms with Gasteiger partial charge in [-0.2, -0.15) is 13.2 Å². The Labute approximate surface area is 89.2 Å². The lowest BCUT2D eigenvalue weighted by molar-refractivity contribution is -0.141. The number of nitrogens with one attached hydrogen (secondary N) is 1. The maximum Gasteiger partial charge on any atom is 0.406 e. The van der Waals surface area contributed by atoms with Crippen LogP contribution in [0.3, 0.4) is 0 Å². The molecule has 92 valence electrons. The number of alkyl halides is 3. The predicted octanol–water partition coefficient (Wildman–Crippen LogP) is 0.807. The third-order valence-corrected chi connectivity index (χ3v) is 1.99. The van der Waals surface area contributed by atoms with Crippen molar-refractivity contribution in [3.05, 3.63) is 0 Å². The molecule has 2 N–H and O–H groups in total. The van der Waals surface area contributed by atoms with Gasteiger partial charge < -0.3 is 15.3 Å². The van der Waals surface area contributed by atoms with Crippen molar-refractivity contribution in [1.82, 2.24) is 10.2 Å². The lowest BCUT2D eigenvalue weighted by atomic mass is 10.4. The van der Waals surface area contributed by atoms with Crippen LogP contribution in [-0.4, -0.2) is 47.3 Å². The summed E-state index contributed by atoms with van der Waals surface area (Å²) < 4.78 is 36.3. The summed E-state index contributed by atoms with van der Waals surface area (Å²) >= 11 is 0. The number of carboxylic acid groups (broad SMARTS) is 1. The molecule has 0 spiro atoms. The summed E-state index contributed by atoms with van der Waals surface area (Å²) in [7, 11) is 0. The van der Waals surface area contributed by atoms with E-state index in [1.165, 1.54) is 0 Å². The van der Waals surface area contributed by atoms with E-state index in [0.29, 0.717) is 17.7 Å². The van der Waals surface area contributed by atoms with Crippen LogP contribution >= 0.6 is 0 Å². The van der Waals surface area contributed by atoms with E-state index in [1.807, 2.05) is 5.32 Å². The number of halogens is 3. The number of amides is 2. The third kappa shape index (κ3) is 4.37. The molecule has 0 atom stereocenters. The molecule has 1 saturated carbocycles.